The highest BCUT2D eigenvalue weighted by molar-refractivity contribution is 7.47. The molecule has 0 aliphatic rings. The van der Waals surface area contributed by atoms with E-state index in [0.717, 1.165) is 70.6 Å². The van der Waals surface area contributed by atoms with Crippen molar-refractivity contribution in [1.29, 1.82) is 0 Å². The number of phosphoric acid groups is 1. The van der Waals surface area contributed by atoms with E-state index >= 15 is 0 Å². The van der Waals surface area contributed by atoms with Crippen molar-refractivity contribution in [2.24, 2.45) is 5.73 Å². The van der Waals surface area contributed by atoms with Crippen LogP contribution in [0.3, 0.4) is 0 Å². The van der Waals surface area contributed by atoms with Crippen molar-refractivity contribution in [2.45, 2.75) is 193 Å². The summed E-state index contributed by atoms with van der Waals surface area (Å²) in [5, 5.41) is 8.90. The topological polar surface area (TPSA) is 172 Å². The summed E-state index contributed by atoms with van der Waals surface area (Å²) in [4.78, 5) is 46.0. The first-order chi connectivity index (χ1) is 29.1. The third kappa shape index (κ3) is 41.6. The van der Waals surface area contributed by atoms with Gasteiger partial charge in [0.05, 0.1) is 13.2 Å². The number of hydrogen-bond acceptors (Lipinski definition) is 9. The number of aliphatic carboxylic acids is 1. The Labute approximate surface area is 363 Å². The first kappa shape index (κ1) is 56.9. The van der Waals surface area contributed by atoms with Crippen LogP contribution in [0.15, 0.2) is 72.9 Å². The Morgan fingerprint density at radius 3 is 1.43 bits per heavy atom. The lowest BCUT2D eigenvalue weighted by Crippen LogP contribution is -2.34. The van der Waals surface area contributed by atoms with Gasteiger partial charge in [0.15, 0.2) is 6.10 Å². The highest BCUT2D eigenvalue weighted by Gasteiger charge is 2.28. The first-order valence-electron chi connectivity index (χ1n) is 23.0. The molecule has 0 saturated heterocycles. The van der Waals surface area contributed by atoms with Gasteiger partial charge in [-0.05, 0) is 83.5 Å². The lowest BCUT2D eigenvalue weighted by Gasteiger charge is -2.20. The smallest absolute Gasteiger partial charge is 0.472 e. The molecule has 0 radical (unpaired) electrons. The molecule has 0 amide bonds. The second kappa shape index (κ2) is 42.6. The molecule has 12 heteroatoms. The van der Waals surface area contributed by atoms with E-state index in [9.17, 15) is 23.8 Å². The Balaban J connectivity index is 4.41. The van der Waals surface area contributed by atoms with Crippen molar-refractivity contribution in [3.63, 3.8) is 0 Å². The number of carboxylic acid groups (broad SMARTS) is 1. The third-order valence-electron chi connectivity index (χ3n) is 9.44. The van der Waals surface area contributed by atoms with E-state index < -0.39 is 51.1 Å². The number of allylic oxidation sites excluding steroid dienone is 12. The zero-order valence-corrected chi connectivity index (χ0v) is 38.2. The molecule has 0 aromatic heterocycles. The van der Waals surface area contributed by atoms with Crippen LogP contribution in [0, 0.1) is 0 Å². The van der Waals surface area contributed by atoms with E-state index in [1.54, 1.807) is 0 Å². The summed E-state index contributed by atoms with van der Waals surface area (Å²) in [5.41, 5.74) is 5.34. The summed E-state index contributed by atoms with van der Waals surface area (Å²) in [6, 6.07) is -1.53. The summed E-state index contributed by atoms with van der Waals surface area (Å²) in [5.74, 6) is -2.43. The van der Waals surface area contributed by atoms with Crippen LogP contribution in [-0.2, 0) is 37.5 Å². The zero-order valence-electron chi connectivity index (χ0n) is 37.3. The maximum Gasteiger partial charge on any atom is 0.472 e. The predicted octanol–water partition coefficient (Wildman–Crippen LogP) is 12.5. The summed E-state index contributed by atoms with van der Waals surface area (Å²) in [6.45, 7) is 2.64. The van der Waals surface area contributed by atoms with E-state index in [1.165, 1.54) is 70.6 Å². The van der Waals surface area contributed by atoms with Gasteiger partial charge in [-0.2, -0.15) is 0 Å². The number of ether oxygens (including phenoxy) is 2. The molecule has 0 rings (SSSR count). The number of phosphoric ester groups is 1. The Bertz CT molecular complexity index is 1290. The average Bonchev–Trinajstić information content (AvgIpc) is 3.22. The number of unbranched alkanes of at least 4 members (excludes halogenated alkanes) is 16. The Morgan fingerprint density at radius 1 is 0.533 bits per heavy atom. The van der Waals surface area contributed by atoms with Crippen LogP contribution in [0.25, 0.3) is 0 Å². The molecular formula is C48H82NO10P. The summed E-state index contributed by atoms with van der Waals surface area (Å²) < 4.78 is 32.7. The third-order valence-corrected chi connectivity index (χ3v) is 10.4. The maximum atomic E-state index is 12.6. The van der Waals surface area contributed by atoms with E-state index in [0.29, 0.717) is 12.8 Å². The molecule has 3 atom stereocenters. The monoisotopic (exact) mass is 864 g/mol. The summed E-state index contributed by atoms with van der Waals surface area (Å²) in [6.07, 6.45) is 51.0. The molecule has 0 aliphatic heterocycles. The van der Waals surface area contributed by atoms with Gasteiger partial charge < -0.3 is 25.2 Å². The molecule has 344 valence electrons. The van der Waals surface area contributed by atoms with Crippen LogP contribution in [-0.4, -0.2) is 59.9 Å². The number of esters is 2. The average molecular weight is 864 g/mol. The van der Waals surface area contributed by atoms with Crippen LogP contribution < -0.4 is 5.73 Å². The molecule has 0 bridgehead atoms. The second-order valence-electron chi connectivity index (χ2n) is 15.1. The molecule has 0 fully saturated rings. The molecule has 0 spiro atoms. The van der Waals surface area contributed by atoms with Crippen molar-refractivity contribution in [3.8, 4) is 0 Å². The number of hydrogen-bond donors (Lipinski definition) is 3. The Kier molecular flexibility index (Phi) is 40.4. The van der Waals surface area contributed by atoms with Crippen molar-refractivity contribution >= 4 is 25.7 Å². The van der Waals surface area contributed by atoms with Gasteiger partial charge in [0.25, 0.3) is 0 Å². The molecule has 60 heavy (non-hydrogen) atoms. The van der Waals surface area contributed by atoms with Gasteiger partial charge in [-0.1, -0.05) is 157 Å². The van der Waals surface area contributed by atoms with Gasteiger partial charge >= 0.3 is 25.7 Å². The quantitative estimate of drug-likeness (QED) is 0.0231. The van der Waals surface area contributed by atoms with Crippen molar-refractivity contribution in [1.82, 2.24) is 0 Å². The van der Waals surface area contributed by atoms with Gasteiger partial charge in [-0.15, -0.1) is 0 Å². The fourth-order valence-corrected chi connectivity index (χ4v) is 6.63. The molecule has 0 aromatic rings. The van der Waals surface area contributed by atoms with E-state index in [1.807, 2.05) is 0 Å². The van der Waals surface area contributed by atoms with E-state index in [2.05, 4.69) is 91.3 Å². The van der Waals surface area contributed by atoms with Gasteiger partial charge in [0.2, 0.25) is 0 Å². The van der Waals surface area contributed by atoms with Crippen molar-refractivity contribution in [3.05, 3.63) is 72.9 Å². The highest BCUT2D eigenvalue weighted by atomic mass is 31.2. The molecule has 0 heterocycles. The lowest BCUT2D eigenvalue weighted by atomic mass is 10.1. The van der Waals surface area contributed by atoms with Crippen LogP contribution in [0.5, 0.6) is 0 Å². The minimum absolute atomic E-state index is 0.119. The highest BCUT2D eigenvalue weighted by Crippen LogP contribution is 2.43. The molecule has 0 saturated carbocycles. The molecule has 11 nitrogen and oxygen atoms in total. The largest absolute Gasteiger partial charge is 0.480 e. The second-order valence-corrected chi connectivity index (χ2v) is 16.6. The van der Waals surface area contributed by atoms with Crippen molar-refractivity contribution in [2.75, 3.05) is 19.8 Å². The molecular weight excluding hydrogens is 781 g/mol. The Hall–Kier alpha value is -3.08. The van der Waals surface area contributed by atoms with E-state index in [4.69, 9.17) is 24.8 Å². The zero-order chi connectivity index (χ0) is 44.2. The summed E-state index contributed by atoms with van der Waals surface area (Å²) in [7, 11) is -4.73. The molecule has 0 aromatic carbocycles. The minimum Gasteiger partial charge on any atom is -0.480 e. The number of carboxylic acids is 1. The number of carbonyl (C=O) groups is 3. The van der Waals surface area contributed by atoms with Crippen molar-refractivity contribution < 1.29 is 47.5 Å². The van der Waals surface area contributed by atoms with Gasteiger partial charge in [-0.3, -0.25) is 23.4 Å². The maximum absolute atomic E-state index is 12.6. The lowest BCUT2D eigenvalue weighted by molar-refractivity contribution is -0.161. The molecule has 4 N–H and O–H groups in total. The number of nitrogens with two attached hydrogens (primary N) is 1. The van der Waals surface area contributed by atoms with Crippen LogP contribution in [0.1, 0.15) is 181 Å². The van der Waals surface area contributed by atoms with Crippen LogP contribution >= 0.6 is 7.82 Å². The minimum atomic E-state index is -4.73. The fourth-order valence-electron chi connectivity index (χ4n) is 5.85. The molecule has 1 unspecified atom stereocenters. The van der Waals surface area contributed by atoms with Crippen LogP contribution in [0.2, 0.25) is 0 Å². The number of carbonyl (C=O) groups excluding carboxylic acids is 2. The number of rotatable bonds is 42. The summed E-state index contributed by atoms with van der Waals surface area (Å²) >= 11 is 0. The van der Waals surface area contributed by atoms with Gasteiger partial charge in [0, 0.05) is 12.8 Å². The molecule has 0 aliphatic carbocycles. The van der Waals surface area contributed by atoms with Crippen LogP contribution in [0.4, 0.5) is 0 Å². The normalized spacial score (nSPS) is 14.3. The predicted molar refractivity (Wildman–Crippen MR) is 244 cm³/mol. The fraction of sp³-hybridized carbons (Fsp3) is 0.688. The first-order valence-corrected chi connectivity index (χ1v) is 24.5. The van der Waals surface area contributed by atoms with E-state index in [-0.39, 0.29) is 19.4 Å². The van der Waals surface area contributed by atoms with Gasteiger partial charge in [0.1, 0.15) is 12.6 Å². The standard InChI is InChI=1S/C48H82NO10P/c1-3-5-7-9-11-13-15-17-19-21-22-24-26-28-30-32-34-36-38-40-47(51)59-44(42-57-60(54,55)58-43-45(49)48(52)53)41-56-46(50)39-37-35-33-31-29-27-25-23-20-18-16-14-12-10-8-6-4-2/h5,7,11,13-14,16-17,19,22,24,28,30,44-45H,3-4,6,8-10,12,15,18,20-21,23,25-27,29,31-43,49H2,1-2H3,(H,52,53)(H,54,55)/b7-5+,13-11+,16-14+,19-17+,24-22+,30-28+/t44-,45+/m1/s1. The van der Waals surface area contributed by atoms with Gasteiger partial charge in [-0.25, -0.2) is 4.57 Å². The Morgan fingerprint density at radius 2 is 0.933 bits per heavy atom. The SMILES string of the molecule is CC/C=C/C/C=C/C/C=C/C/C=C/C/C=C/CCCCCC(=O)O[C@H](COC(=O)CCCCCCCCCCC/C=C/CCCCCC)COP(=O)(O)OC[C@H](N)C(=O)O.